The number of rotatable bonds is 8. The van der Waals surface area contributed by atoms with Gasteiger partial charge in [0.05, 0.1) is 17.6 Å². The average molecular weight is 558 g/mol. The van der Waals surface area contributed by atoms with Crippen molar-refractivity contribution in [2.24, 2.45) is 21.5 Å². The summed E-state index contributed by atoms with van der Waals surface area (Å²) >= 11 is 0. The summed E-state index contributed by atoms with van der Waals surface area (Å²) < 4.78 is 11.8. The van der Waals surface area contributed by atoms with Gasteiger partial charge >= 0.3 is 12.0 Å². The number of imidazole rings is 1. The molecule has 1 unspecified atom stereocenters. The van der Waals surface area contributed by atoms with Crippen LogP contribution in [0.15, 0.2) is 76.6 Å². The summed E-state index contributed by atoms with van der Waals surface area (Å²) in [5.74, 6) is -2.04. The lowest BCUT2D eigenvalue weighted by Crippen LogP contribution is -2.51. The first-order valence-electron chi connectivity index (χ1n) is 11.9. The molecule has 0 bridgehead atoms. The van der Waals surface area contributed by atoms with Crippen molar-refractivity contribution in [1.29, 1.82) is 10.8 Å². The predicted molar refractivity (Wildman–Crippen MR) is 147 cm³/mol. The molecule has 2 aliphatic rings. The van der Waals surface area contributed by atoms with E-state index in [9.17, 15) is 14.7 Å². The van der Waals surface area contributed by atoms with Crippen LogP contribution in [0.25, 0.3) is 0 Å². The monoisotopic (exact) mass is 557 g/mol. The van der Waals surface area contributed by atoms with Crippen molar-refractivity contribution in [3.05, 3.63) is 83.4 Å². The third-order valence-electron chi connectivity index (χ3n) is 5.73. The number of hydrogen-bond donors (Lipinski definition) is 9. The summed E-state index contributed by atoms with van der Waals surface area (Å²) in [6.45, 7) is 0. The third-order valence-corrected chi connectivity index (χ3v) is 5.73. The Morgan fingerprint density at radius 1 is 1.07 bits per heavy atom. The van der Waals surface area contributed by atoms with Crippen LogP contribution in [0, 0.1) is 10.8 Å². The van der Waals surface area contributed by atoms with Crippen molar-refractivity contribution in [3.8, 4) is 11.5 Å². The van der Waals surface area contributed by atoms with Gasteiger partial charge in [-0.15, -0.1) is 0 Å². The number of nitrogen functional groups attached to an aromatic ring is 1. The smallest absolute Gasteiger partial charge is 0.336 e. The molecule has 208 valence electrons. The summed E-state index contributed by atoms with van der Waals surface area (Å²) in [6, 6.07) is 9.59. The molecule has 1 amide bonds. The van der Waals surface area contributed by atoms with Crippen LogP contribution >= 0.6 is 0 Å². The lowest BCUT2D eigenvalue weighted by Gasteiger charge is -2.27. The summed E-state index contributed by atoms with van der Waals surface area (Å²) in [7, 11) is 0. The largest absolute Gasteiger partial charge is 0.478 e. The van der Waals surface area contributed by atoms with Gasteiger partial charge < -0.3 is 41.7 Å². The Labute approximate surface area is 231 Å². The van der Waals surface area contributed by atoms with Crippen LogP contribution in [0.3, 0.4) is 0 Å². The quantitative estimate of drug-likeness (QED) is 0.136. The molecule has 0 radical (unpaired) electrons. The molecule has 3 heterocycles. The molecule has 1 aromatic heterocycles. The van der Waals surface area contributed by atoms with E-state index in [-0.39, 0.29) is 52.7 Å². The van der Waals surface area contributed by atoms with Gasteiger partial charge in [0.2, 0.25) is 5.91 Å². The Morgan fingerprint density at radius 2 is 1.88 bits per heavy atom. The van der Waals surface area contributed by atoms with Crippen molar-refractivity contribution in [2.75, 3.05) is 5.32 Å². The minimum Gasteiger partial charge on any atom is -0.478 e. The summed E-state index contributed by atoms with van der Waals surface area (Å²) in [6.07, 6.45) is 3.37. The molecule has 1 atom stereocenters. The van der Waals surface area contributed by atoms with Crippen LogP contribution in [0.1, 0.15) is 21.6 Å². The molecule has 5 rings (SSSR count). The number of aliphatic imine (C=N–C) groups is 2. The van der Waals surface area contributed by atoms with Gasteiger partial charge in [-0.2, -0.15) is 4.99 Å². The maximum atomic E-state index is 12.9. The van der Waals surface area contributed by atoms with E-state index in [1.54, 1.807) is 30.5 Å². The Bertz CT molecular complexity index is 1660. The molecule has 16 nitrogen and oxygen atoms in total. The number of carbonyl (C=O) groups is 2. The van der Waals surface area contributed by atoms with E-state index >= 15 is 0 Å². The molecule has 11 N–H and O–H groups in total. The number of nitrogens with two attached hydrogens (primary N) is 2. The van der Waals surface area contributed by atoms with Crippen molar-refractivity contribution in [2.45, 2.75) is 12.5 Å². The molecule has 0 aliphatic carbocycles. The van der Waals surface area contributed by atoms with E-state index in [0.29, 0.717) is 17.1 Å². The average Bonchev–Trinajstić information content (AvgIpc) is 3.42. The maximum absolute atomic E-state index is 12.9. The molecule has 3 aromatic rings. The number of amidine groups is 3. The number of H-pyrrole nitrogens is 1. The first kappa shape index (κ1) is 26.4. The second-order valence-electron chi connectivity index (χ2n) is 8.67. The number of aromatic nitrogens is 2. The number of fused-ring (bicyclic) bond motifs is 1. The normalized spacial score (nSPS) is 15.9. The molecule has 0 saturated carbocycles. The maximum Gasteiger partial charge on any atom is 0.336 e. The fraction of sp³-hybridized carbons (Fsp3) is 0.0800. The van der Waals surface area contributed by atoms with Gasteiger partial charge in [0.25, 0.3) is 5.88 Å². The van der Waals surface area contributed by atoms with Gasteiger partial charge in [0, 0.05) is 29.9 Å². The minimum atomic E-state index is -1.32. The van der Waals surface area contributed by atoms with Gasteiger partial charge in [-0.1, -0.05) is 6.07 Å². The predicted octanol–water partition coefficient (Wildman–Crippen LogP) is 0.423. The Morgan fingerprint density at radius 3 is 2.59 bits per heavy atom. The third kappa shape index (κ3) is 5.95. The molecule has 0 spiro atoms. The number of amides is 1. The number of ether oxygens (including phenoxy) is 2. The van der Waals surface area contributed by atoms with Crippen LogP contribution in [-0.4, -0.2) is 56.6 Å². The number of benzene rings is 2. The number of anilines is 1. The number of hydrogen-bond acceptors (Lipinski definition) is 10. The fourth-order valence-electron chi connectivity index (χ4n) is 3.95. The molecule has 41 heavy (non-hydrogen) atoms. The number of aromatic amines is 1. The SMILES string of the molecule is N=C(N)Nc1cccc(OC2=NC(Oc3ccc(C(=N)N)c(C(=O)O)c3)=C3NC(=O)C(Cc4c[nH]cn4)N=C3N2)c1. The highest BCUT2D eigenvalue weighted by Gasteiger charge is 2.34. The molecule has 2 aliphatic heterocycles. The van der Waals surface area contributed by atoms with E-state index in [1.807, 2.05) is 0 Å². The molecular weight excluding hydrogens is 534 g/mol. The molecule has 0 saturated heterocycles. The highest BCUT2D eigenvalue weighted by atomic mass is 16.5. The van der Waals surface area contributed by atoms with E-state index in [4.69, 9.17) is 31.8 Å². The summed E-state index contributed by atoms with van der Waals surface area (Å²) in [5.41, 5.74) is 11.9. The van der Waals surface area contributed by atoms with Gasteiger partial charge in [-0.3, -0.25) is 25.9 Å². The van der Waals surface area contributed by atoms with Crippen LogP contribution in [-0.2, 0) is 11.2 Å². The lowest BCUT2D eigenvalue weighted by molar-refractivity contribution is -0.121. The molecule has 0 fully saturated rings. The zero-order chi connectivity index (χ0) is 29.1. The van der Waals surface area contributed by atoms with Crippen molar-refractivity contribution >= 4 is 41.2 Å². The lowest BCUT2D eigenvalue weighted by atomic mass is 10.1. The first-order valence-corrected chi connectivity index (χ1v) is 11.9. The van der Waals surface area contributed by atoms with Gasteiger partial charge in [-0.25, -0.2) is 9.78 Å². The van der Waals surface area contributed by atoms with E-state index < -0.39 is 23.8 Å². The highest BCUT2D eigenvalue weighted by molar-refractivity contribution is 6.14. The van der Waals surface area contributed by atoms with Crippen molar-refractivity contribution in [3.63, 3.8) is 0 Å². The topological polar surface area (TPSA) is 262 Å². The number of carboxylic acid groups (broad SMARTS) is 1. The second-order valence-corrected chi connectivity index (χ2v) is 8.67. The van der Waals surface area contributed by atoms with Gasteiger partial charge in [0.15, 0.2) is 11.8 Å². The number of guanidine groups is 1. The van der Waals surface area contributed by atoms with Gasteiger partial charge in [-0.05, 0) is 30.3 Å². The van der Waals surface area contributed by atoms with E-state index in [2.05, 4.69) is 35.9 Å². The number of aromatic carboxylic acids is 1. The zero-order valence-corrected chi connectivity index (χ0v) is 21.1. The summed E-state index contributed by atoms with van der Waals surface area (Å²) in [4.78, 5) is 40.6. The fourth-order valence-corrected chi connectivity index (χ4v) is 3.95. The second kappa shape index (κ2) is 10.9. The van der Waals surface area contributed by atoms with Crippen LogP contribution < -0.4 is 36.9 Å². The summed E-state index contributed by atoms with van der Waals surface area (Å²) in [5, 5.41) is 33.0. The highest BCUT2D eigenvalue weighted by Crippen LogP contribution is 2.25. The van der Waals surface area contributed by atoms with Crippen LogP contribution in [0.5, 0.6) is 11.5 Å². The number of carbonyl (C=O) groups excluding carboxylic acids is 1. The van der Waals surface area contributed by atoms with Crippen molar-refractivity contribution in [1.82, 2.24) is 20.6 Å². The van der Waals surface area contributed by atoms with Crippen molar-refractivity contribution < 1.29 is 24.2 Å². The van der Waals surface area contributed by atoms with E-state index in [1.165, 1.54) is 24.5 Å². The van der Waals surface area contributed by atoms with Crippen LogP contribution in [0.4, 0.5) is 5.69 Å². The zero-order valence-electron chi connectivity index (χ0n) is 21.1. The molecular formula is C25H23N11O5. The number of nitrogens with one attached hydrogen (secondary N) is 6. The minimum absolute atomic E-state index is 0.00817. The first-order chi connectivity index (χ1) is 19.7. The van der Waals surface area contributed by atoms with Gasteiger partial charge in [0.1, 0.15) is 29.1 Å². The number of carboxylic acids is 1. The number of nitrogens with zero attached hydrogens (tertiary/aromatic N) is 3. The molecule has 2 aromatic carbocycles. The Balaban J connectivity index is 1.51. The van der Waals surface area contributed by atoms with Crippen LogP contribution in [0.2, 0.25) is 0 Å². The Hall–Kier alpha value is -6.19. The van der Waals surface area contributed by atoms with E-state index in [0.717, 1.165) is 0 Å². The molecule has 16 heteroatoms. The Kier molecular flexibility index (Phi) is 7.02. The standard InChI is InChI=1S/C25H23N11O5/c26-19(27)15-5-4-14(8-16(15)23(38)39)40-22-18-20(33-17(21(37)34-18)7-12-9-30-10-31-12)35-25(36-22)41-13-3-1-2-11(6-13)32-24(28)29/h1-6,8-10,17H,7H2,(H3,26,27)(H,30,31)(H,34,37)(H,38,39)(H4,28,29,32)(H,33,35,36).